The number of carboxylic acids is 1. The number of hydrogen-bond acceptors (Lipinski definition) is 3. The van der Waals surface area contributed by atoms with Crippen molar-refractivity contribution in [3.63, 3.8) is 0 Å². The average Bonchev–Trinajstić information content (AvgIpc) is 2.45. The molecular formula is C16H17NO3. The molecule has 1 unspecified atom stereocenters. The molecule has 0 spiro atoms. The fraction of sp³-hybridized carbons (Fsp3) is 0.188. The summed E-state index contributed by atoms with van der Waals surface area (Å²) in [6.45, 7) is 0. The summed E-state index contributed by atoms with van der Waals surface area (Å²) >= 11 is 0. The Kier molecular flexibility index (Phi) is 4.25. The van der Waals surface area contributed by atoms with Gasteiger partial charge in [-0.25, -0.2) is 4.79 Å². The second-order valence-electron chi connectivity index (χ2n) is 4.64. The highest BCUT2D eigenvalue weighted by atomic mass is 16.5. The molecule has 0 fully saturated rings. The molecule has 0 bridgehead atoms. The third-order valence-corrected chi connectivity index (χ3v) is 2.91. The highest BCUT2D eigenvalue weighted by Gasteiger charge is 2.21. The fourth-order valence-electron chi connectivity index (χ4n) is 1.86. The van der Waals surface area contributed by atoms with E-state index in [1.807, 2.05) is 43.3 Å². The van der Waals surface area contributed by atoms with Crippen molar-refractivity contribution >= 4 is 11.7 Å². The number of carbonyl (C=O) groups is 1. The maximum atomic E-state index is 11.4. The van der Waals surface area contributed by atoms with Gasteiger partial charge in [-0.2, -0.15) is 0 Å². The monoisotopic (exact) mass is 271 g/mol. The minimum absolute atomic E-state index is 0.535. The van der Waals surface area contributed by atoms with Crippen molar-refractivity contribution < 1.29 is 14.6 Å². The molecule has 2 rings (SSSR count). The van der Waals surface area contributed by atoms with Crippen molar-refractivity contribution in [3.05, 3.63) is 60.2 Å². The zero-order chi connectivity index (χ0) is 14.5. The van der Waals surface area contributed by atoms with Crippen LogP contribution < -0.4 is 9.64 Å². The smallest absolute Gasteiger partial charge is 0.349 e. The Morgan fingerprint density at radius 3 is 2.40 bits per heavy atom. The number of anilines is 1. The van der Waals surface area contributed by atoms with Crippen LogP contribution >= 0.6 is 0 Å². The molecule has 2 aromatic carbocycles. The van der Waals surface area contributed by atoms with Crippen LogP contribution in [0.4, 0.5) is 5.69 Å². The molecule has 1 atom stereocenters. The van der Waals surface area contributed by atoms with Gasteiger partial charge in [-0.05, 0) is 12.1 Å². The number of aliphatic carboxylic acids is 1. The van der Waals surface area contributed by atoms with E-state index in [1.165, 1.54) is 0 Å². The molecule has 0 saturated heterocycles. The molecule has 2 aromatic rings. The van der Waals surface area contributed by atoms with Crippen LogP contribution in [0, 0.1) is 0 Å². The van der Waals surface area contributed by atoms with Crippen molar-refractivity contribution in [1.29, 1.82) is 0 Å². The van der Waals surface area contributed by atoms with Gasteiger partial charge < -0.3 is 14.7 Å². The van der Waals surface area contributed by atoms with Crippen molar-refractivity contribution in [2.45, 2.75) is 6.10 Å². The highest BCUT2D eigenvalue weighted by molar-refractivity contribution is 5.75. The van der Waals surface area contributed by atoms with Crippen LogP contribution in [0.25, 0.3) is 0 Å². The summed E-state index contributed by atoms with van der Waals surface area (Å²) < 4.78 is 5.63. The molecule has 0 saturated carbocycles. The number of ether oxygens (including phenoxy) is 1. The second-order valence-corrected chi connectivity index (χ2v) is 4.64. The molecule has 0 radical (unpaired) electrons. The first kappa shape index (κ1) is 13.9. The first-order valence-electron chi connectivity index (χ1n) is 6.29. The van der Waals surface area contributed by atoms with Gasteiger partial charge in [0.05, 0.1) is 0 Å². The lowest BCUT2D eigenvalue weighted by Crippen LogP contribution is -2.18. The van der Waals surface area contributed by atoms with Gasteiger partial charge in [-0.3, -0.25) is 0 Å². The maximum absolute atomic E-state index is 11.4. The summed E-state index contributed by atoms with van der Waals surface area (Å²) in [5.74, 6) is -0.473. The summed E-state index contributed by atoms with van der Waals surface area (Å²) in [5, 5.41) is 9.33. The van der Waals surface area contributed by atoms with E-state index in [-0.39, 0.29) is 0 Å². The molecule has 0 amide bonds. The topological polar surface area (TPSA) is 49.8 Å². The van der Waals surface area contributed by atoms with Gasteiger partial charge in [0, 0.05) is 31.4 Å². The second kappa shape index (κ2) is 6.10. The quantitative estimate of drug-likeness (QED) is 0.908. The van der Waals surface area contributed by atoms with Crippen LogP contribution in [0.2, 0.25) is 0 Å². The predicted molar refractivity (Wildman–Crippen MR) is 78.2 cm³/mol. The molecule has 0 heterocycles. The van der Waals surface area contributed by atoms with E-state index in [1.54, 1.807) is 30.3 Å². The van der Waals surface area contributed by atoms with Crippen LogP contribution in [0.5, 0.6) is 5.75 Å². The highest BCUT2D eigenvalue weighted by Crippen LogP contribution is 2.25. The molecule has 104 valence electrons. The zero-order valence-electron chi connectivity index (χ0n) is 11.5. The van der Waals surface area contributed by atoms with Crippen LogP contribution in [-0.2, 0) is 4.79 Å². The van der Waals surface area contributed by atoms with Gasteiger partial charge in [0.25, 0.3) is 0 Å². The van der Waals surface area contributed by atoms with E-state index < -0.39 is 12.1 Å². The lowest BCUT2D eigenvalue weighted by atomic mass is 10.1. The first-order chi connectivity index (χ1) is 9.58. The average molecular weight is 271 g/mol. The molecule has 1 N–H and O–H groups in total. The summed E-state index contributed by atoms with van der Waals surface area (Å²) in [4.78, 5) is 13.3. The molecular weight excluding hydrogens is 254 g/mol. The molecule has 0 aliphatic rings. The Hall–Kier alpha value is -2.49. The van der Waals surface area contributed by atoms with Crippen molar-refractivity contribution in [1.82, 2.24) is 0 Å². The van der Waals surface area contributed by atoms with Gasteiger partial charge >= 0.3 is 5.97 Å². The Morgan fingerprint density at radius 1 is 1.10 bits per heavy atom. The Balaban J connectivity index is 2.25. The molecule has 0 aliphatic heterocycles. The van der Waals surface area contributed by atoms with Gasteiger partial charge in [-0.15, -0.1) is 0 Å². The number of hydrogen-bond donors (Lipinski definition) is 1. The van der Waals surface area contributed by atoms with Crippen LogP contribution in [0.3, 0.4) is 0 Å². The molecule has 0 aromatic heterocycles. The summed E-state index contributed by atoms with van der Waals surface area (Å²) in [5.41, 5.74) is 1.58. The third kappa shape index (κ3) is 3.29. The predicted octanol–water partition coefficient (Wildman–Crippen LogP) is 2.96. The van der Waals surface area contributed by atoms with E-state index in [0.717, 1.165) is 5.69 Å². The van der Waals surface area contributed by atoms with Crippen molar-refractivity contribution in [2.24, 2.45) is 0 Å². The van der Waals surface area contributed by atoms with Crippen molar-refractivity contribution in [3.8, 4) is 5.75 Å². The minimum atomic E-state index is -1.01. The van der Waals surface area contributed by atoms with E-state index >= 15 is 0 Å². The summed E-state index contributed by atoms with van der Waals surface area (Å²) in [7, 11) is 3.84. The first-order valence-corrected chi connectivity index (χ1v) is 6.29. The largest absolute Gasteiger partial charge is 0.478 e. The summed E-state index contributed by atoms with van der Waals surface area (Å²) in [6, 6.07) is 16.3. The lowest BCUT2D eigenvalue weighted by molar-refractivity contribution is -0.145. The van der Waals surface area contributed by atoms with Crippen LogP contribution in [0.1, 0.15) is 11.7 Å². The fourth-order valence-corrected chi connectivity index (χ4v) is 1.86. The third-order valence-electron chi connectivity index (χ3n) is 2.91. The number of carboxylic acid groups (broad SMARTS) is 1. The van der Waals surface area contributed by atoms with Crippen molar-refractivity contribution in [2.75, 3.05) is 19.0 Å². The molecule has 20 heavy (non-hydrogen) atoms. The lowest BCUT2D eigenvalue weighted by Gasteiger charge is -2.18. The Bertz CT molecular complexity index is 581. The van der Waals surface area contributed by atoms with E-state index in [0.29, 0.717) is 11.3 Å². The van der Waals surface area contributed by atoms with Gasteiger partial charge in [-0.1, -0.05) is 36.4 Å². The Labute approximate surface area is 118 Å². The van der Waals surface area contributed by atoms with Crippen LogP contribution in [-0.4, -0.2) is 25.2 Å². The number of nitrogens with zero attached hydrogens (tertiary/aromatic N) is 1. The van der Waals surface area contributed by atoms with Crippen LogP contribution in [0.15, 0.2) is 54.6 Å². The van der Waals surface area contributed by atoms with E-state index in [9.17, 15) is 9.90 Å². The summed E-state index contributed by atoms with van der Waals surface area (Å²) in [6.07, 6.45) is -1.01. The Morgan fingerprint density at radius 2 is 1.80 bits per heavy atom. The van der Waals surface area contributed by atoms with E-state index in [2.05, 4.69) is 0 Å². The van der Waals surface area contributed by atoms with Gasteiger partial charge in [0.2, 0.25) is 6.10 Å². The maximum Gasteiger partial charge on any atom is 0.349 e. The number of rotatable bonds is 5. The molecule has 4 heteroatoms. The standard InChI is InChI=1S/C16H17NO3/c1-17(2)13-9-6-10-14(11-13)20-15(16(18)19)12-7-4-3-5-8-12/h3-11,15H,1-2H3,(H,18,19). The molecule has 4 nitrogen and oxygen atoms in total. The SMILES string of the molecule is CN(C)c1cccc(OC(C(=O)O)c2ccccc2)c1. The van der Waals surface area contributed by atoms with E-state index in [4.69, 9.17) is 4.74 Å². The number of benzene rings is 2. The zero-order valence-corrected chi connectivity index (χ0v) is 11.5. The minimum Gasteiger partial charge on any atom is -0.478 e. The molecule has 0 aliphatic carbocycles. The van der Waals surface area contributed by atoms with Gasteiger partial charge in [0.1, 0.15) is 5.75 Å². The normalized spacial score (nSPS) is 11.7. The van der Waals surface area contributed by atoms with Gasteiger partial charge in [0.15, 0.2) is 0 Å².